The number of hydrogen-bond acceptors (Lipinski definition) is 2. The maximum Gasteiger partial charge on any atom is 0.232 e. The van der Waals surface area contributed by atoms with Crippen LogP contribution in [0, 0.1) is 11.2 Å². The minimum absolute atomic E-state index is 0.182. The fourth-order valence-corrected chi connectivity index (χ4v) is 1.80. The van der Waals surface area contributed by atoms with E-state index in [4.69, 9.17) is 0 Å². The minimum Gasteiger partial charge on any atom is -0.377 e. The first-order valence-electron chi connectivity index (χ1n) is 5.64. The number of carbonyl (C=O) groups excluding carboxylic acids is 1. The number of carbonyl (C=O) groups is 1. The van der Waals surface area contributed by atoms with E-state index in [1.807, 2.05) is 27.7 Å². The molecular formula is C13H17FN2O. The summed E-state index contributed by atoms with van der Waals surface area (Å²) < 4.78 is 13.7. The Morgan fingerprint density at radius 1 is 1.18 bits per heavy atom. The van der Waals surface area contributed by atoms with E-state index in [1.165, 1.54) is 6.07 Å². The molecule has 4 heteroatoms. The lowest BCUT2D eigenvalue weighted by atomic mass is 9.74. The van der Waals surface area contributed by atoms with Crippen LogP contribution in [-0.4, -0.2) is 11.4 Å². The number of rotatable bonds is 0. The van der Waals surface area contributed by atoms with E-state index in [9.17, 15) is 9.18 Å². The summed E-state index contributed by atoms with van der Waals surface area (Å²) in [5.74, 6) is -0.601. The summed E-state index contributed by atoms with van der Waals surface area (Å²) in [6.45, 7) is 7.57. The molecule has 1 heterocycles. The average molecular weight is 236 g/mol. The zero-order valence-electron chi connectivity index (χ0n) is 10.5. The van der Waals surface area contributed by atoms with Gasteiger partial charge in [0.15, 0.2) is 0 Å². The Balaban J connectivity index is 2.59. The largest absolute Gasteiger partial charge is 0.377 e. The Morgan fingerprint density at radius 2 is 1.82 bits per heavy atom. The van der Waals surface area contributed by atoms with Crippen molar-refractivity contribution in [3.63, 3.8) is 0 Å². The van der Waals surface area contributed by atoms with Crippen LogP contribution < -0.4 is 10.6 Å². The van der Waals surface area contributed by atoms with Crippen LogP contribution in [0.15, 0.2) is 18.2 Å². The lowest BCUT2D eigenvalue weighted by Crippen LogP contribution is -2.50. The number of hydrogen-bond donors (Lipinski definition) is 2. The highest BCUT2D eigenvalue weighted by molar-refractivity contribution is 6.00. The van der Waals surface area contributed by atoms with Crippen molar-refractivity contribution >= 4 is 17.3 Å². The van der Waals surface area contributed by atoms with E-state index in [2.05, 4.69) is 10.6 Å². The standard InChI is InChI=1S/C13H17FN2O/c1-12(2)11(17)15-10-8(14)6-5-7-9(10)16-13(12,3)4/h5-7,16H,1-4H3,(H,15,17). The van der Waals surface area contributed by atoms with Crippen molar-refractivity contribution < 1.29 is 9.18 Å². The van der Waals surface area contributed by atoms with Crippen molar-refractivity contribution in [3.05, 3.63) is 24.0 Å². The van der Waals surface area contributed by atoms with Crippen LogP contribution in [0.4, 0.5) is 15.8 Å². The molecule has 0 spiro atoms. The predicted molar refractivity (Wildman–Crippen MR) is 66.5 cm³/mol. The molecule has 0 saturated carbocycles. The number of anilines is 2. The summed E-state index contributed by atoms with van der Waals surface area (Å²) in [5.41, 5.74) is -0.251. The van der Waals surface area contributed by atoms with Crippen LogP contribution in [0.25, 0.3) is 0 Å². The van der Waals surface area contributed by atoms with Gasteiger partial charge in [-0.2, -0.15) is 0 Å². The van der Waals surface area contributed by atoms with Gasteiger partial charge in [-0.1, -0.05) is 6.07 Å². The SMILES string of the molecule is CC1(C)Nc2cccc(F)c2NC(=O)C1(C)C. The van der Waals surface area contributed by atoms with Crippen LogP contribution in [0.3, 0.4) is 0 Å². The Hall–Kier alpha value is -1.58. The molecule has 1 aromatic carbocycles. The third-order valence-electron chi connectivity index (χ3n) is 3.83. The number of nitrogens with one attached hydrogen (secondary N) is 2. The van der Waals surface area contributed by atoms with Gasteiger partial charge in [-0.05, 0) is 39.8 Å². The Labute approximate surface area is 100 Å². The highest BCUT2D eigenvalue weighted by Crippen LogP contribution is 2.40. The molecule has 92 valence electrons. The smallest absolute Gasteiger partial charge is 0.232 e. The fraction of sp³-hybridized carbons (Fsp3) is 0.462. The second-order valence-corrected chi connectivity index (χ2v) is 5.49. The third-order valence-corrected chi connectivity index (χ3v) is 3.83. The molecule has 1 amide bonds. The zero-order valence-corrected chi connectivity index (χ0v) is 10.5. The number of para-hydroxylation sites is 1. The molecule has 1 aliphatic rings. The third kappa shape index (κ3) is 1.68. The highest BCUT2D eigenvalue weighted by atomic mass is 19.1. The number of fused-ring (bicyclic) bond motifs is 1. The van der Waals surface area contributed by atoms with E-state index >= 15 is 0 Å². The molecule has 0 fully saturated rings. The topological polar surface area (TPSA) is 41.1 Å². The molecular weight excluding hydrogens is 219 g/mol. The van der Waals surface area contributed by atoms with Crippen LogP contribution in [0.2, 0.25) is 0 Å². The van der Waals surface area contributed by atoms with Crippen molar-refractivity contribution in [1.82, 2.24) is 0 Å². The molecule has 17 heavy (non-hydrogen) atoms. The van der Waals surface area contributed by atoms with Crippen LogP contribution in [0.1, 0.15) is 27.7 Å². The normalized spacial score (nSPS) is 20.9. The van der Waals surface area contributed by atoms with E-state index in [-0.39, 0.29) is 11.6 Å². The second kappa shape index (κ2) is 3.45. The maximum absolute atomic E-state index is 13.7. The Bertz CT molecular complexity index is 480. The molecule has 0 saturated heterocycles. The lowest BCUT2D eigenvalue weighted by molar-refractivity contribution is -0.126. The summed E-state index contributed by atoms with van der Waals surface area (Å²) in [6, 6.07) is 4.73. The number of halogens is 1. The van der Waals surface area contributed by atoms with Gasteiger partial charge in [0.2, 0.25) is 5.91 Å². The summed E-state index contributed by atoms with van der Waals surface area (Å²) >= 11 is 0. The van der Waals surface area contributed by atoms with E-state index < -0.39 is 16.8 Å². The maximum atomic E-state index is 13.7. The molecule has 0 aliphatic carbocycles. The molecule has 0 atom stereocenters. The predicted octanol–water partition coefficient (Wildman–Crippen LogP) is 2.99. The van der Waals surface area contributed by atoms with E-state index in [1.54, 1.807) is 12.1 Å². The summed E-state index contributed by atoms with van der Waals surface area (Å²) in [7, 11) is 0. The van der Waals surface area contributed by atoms with Crippen molar-refractivity contribution in [3.8, 4) is 0 Å². The Kier molecular flexibility index (Phi) is 2.42. The first kappa shape index (κ1) is 11.9. The molecule has 0 radical (unpaired) electrons. The molecule has 0 unspecified atom stereocenters. The summed E-state index contributed by atoms with van der Waals surface area (Å²) in [5, 5.41) is 5.90. The molecule has 1 aromatic rings. The minimum atomic E-state index is -0.640. The van der Waals surface area contributed by atoms with Crippen molar-refractivity contribution in [2.75, 3.05) is 10.6 Å². The first-order valence-corrected chi connectivity index (χ1v) is 5.64. The Morgan fingerprint density at radius 3 is 2.47 bits per heavy atom. The second-order valence-electron chi connectivity index (χ2n) is 5.49. The average Bonchev–Trinajstić information content (AvgIpc) is 2.27. The van der Waals surface area contributed by atoms with Gasteiger partial charge in [0.1, 0.15) is 11.5 Å². The van der Waals surface area contributed by atoms with Gasteiger partial charge in [0, 0.05) is 5.54 Å². The van der Waals surface area contributed by atoms with Gasteiger partial charge in [-0.3, -0.25) is 4.79 Å². The van der Waals surface area contributed by atoms with Crippen molar-refractivity contribution in [2.45, 2.75) is 33.2 Å². The van der Waals surface area contributed by atoms with Crippen LogP contribution in [-0.2, 0) is 4.79 Å². The molecule has 2 N–H and O–H groups in total. The van der Waals surface area contributed by atoms with Gasteiger partial charge < -0.3 is 10.6 Å². The molecule has 3 nitrogen and oxygen atoms in total. The van der Waals surface area contributed by atoms with Gasteiger partial charge >= 0.3 is 0 Å². The van der Waals surface area contributed by atoms with Gasteiger partial charge in [-0.25, -0.2) is 4.39 Å². The van der Waals surface area contributed by atoms with Gasteiger partial charge in [0.25, 0.3) is 0 Å². The first-order chi connectivity index (χ1) is 7.75. The van der Waals surface area contributed by atoms with Gasteiger partial charge in [0.05, 0.1) is 11.1 Å². The molecule has 2 rings (SSSR count). The fourth-order valence-electron chi connectivity index (χ4n) is 1.80. The zero-order chi connectivity index (χ0) is 12.8. The summed E-state index contributed by atoms with van der Waals surface area (Å²) in [4.78, 5) is 12.1. The number of benzene rings is 1. The summed E-state index contributed by atoms with van der Waals surface area (Å²) in [6.07, 6.45) is 0. The molecule has 1 aliphatic heterocycles. The van der Waals surface area contributed by atoms with Crippen molar-refractivity contribution in [1.29, 1.82) is 0 Å². The van der Waals surface area contributed by atoms with Crippen molar-refractivity contribution in [2.24, 2.45) is 5.41 Å². The molecule has 0 bridgehead atoms. The van der Waals surface area contributed by atoms with E-state index in [0.717, 1.165) is 0 Å². The molecule has 0 aromatic heterocycles. The quantitative estimate of drug-likeness (QED) is 0.727. The number of amides is 1. The monoisotopic (exact) mass is 236 g/mol. The van der Waals surface area contributed by atoms with Crippen LogP contribution >= 0.6 is 0 Å². The lowest BCUT2D eigenvalue weighted by Gasteiger charge is -2.39. The van der Waals surface area contributed by atoms with Crippen LogP contribution in [0.5, 0.6) is 0 Å². The highest BCUT2D eigenvalue weighted by Gasteiger charge is 2.45. The van der Waals surface area contributed by atoms with Gasteiger partial charge in [-0.15, -0.1) is 0 Å². The van der Waals surface area contributed by atoms with E-state index in [0.29, 0.717) is 5.69 Å².